The van der Waals surface area contributed by atoms with E-state index in [4.69, 9.17) is 10.5 Å². The summed E-state index contributed by atoms with van der Waals surface area (Å²) in [6.45, 7) is 0. The fourth-order valence-corrected chi connectivity index (χ4v) is 1.10. The summed E-state index contributed by atoms with van der Waals surface area (Å²) in [6, 6.07) is 4.03. The van der Waals surface area contributed by atoms with Gasteiger partial charge in [0.1, 0.15) is 0 Å². The number of hydrogen-bond donors (Lipinski definition) is 0. The molecule has 0 atom stereocenters. The molecular formula is C9H8N2. The van der Waals surface area contributed by atoms with Crippen LogP contribution in [0.4, 0.5) is 0 Å². The molecule has 0 fully saturated rings. The van der Waals surface area contributed by atoms with Gasteiger partial charge in [0.15, 0.2) is 0 Å². The number of rotatable bonds is 1. The summed E-state index contributed by atoms with van der Waals surface area (Å²) < 4.78 is 0. The molecule has 2 nitrogen and oxygen atoms in total. The lowest BCUT2D eigenvalue weighted by atomic mass is 10.1. The van der Waals surface area contributed by atoms with E-state index in [9.17, 15) is 0 Å². The van der Waals surface area contributed by atoms with Crippen molar-refractivity contribution in [1.29, 1.82) is 10.5 Å². The quantitative estimate of drug-likeness (QED) is 0.529. The monoisotopic (exact) mass is 144 g/mol. The van der Waals surface area contributed by atoms with E-state index in [2.05, 4.69) is 6.07 Å². The minimum Gasteiger partial charge on any atom is -0.198 e. The van der Waals surface area contributed by atoms with Crippen LogP contribution in [0.1, 0.15) is 19.3 Å². The highest BCUT2D eigenvalue weighted by Gasteiger charge is 2.06. The Morgan fingerprint density at radius 2 is 2.36 bits per heavy atom. The molecule has 0 saturated carbocycles. The van der Waals surface area contributed by atoms with Gasteiger partial charge in [-0.3, -0.25) is 0 Å². The molecule has 0 bridgehead atoms. The van der Waals surface area contributed by atoms with E-state index < -0.39 is 0 Å². The number of nitriles is 2. The van der Waals surface area contributed by atoms with E-state index in [0.29, 0.717) is 5.57 Å². The molecule has 1 aliphatic rings. The molecule has 0 heterocycles. The van der Waals surface area contributed by atoms with Gasteiger partial charge >= 0.3 is 0 Å². The third-order valence-electron chi connectivity index (χ3n) is 1.68. The van der Waals surface area contributed by atoms with Crippen molar-refractivity contribution >= 4 is 0 Å². The maximum Gasteiger partial charge on any atom is 0.0961 e. The van der Waals surface area contributed by atoms with Gasteiger partial charge in [-0.15, -0.1) is 0 Å². The first-order valence-corrected chi connectivity index (χ1v) is 3.54. The molecule has 0 aromatic rings. The molecule has 0 spiro atoms. The molecule has 0 radical (unpaired) electrons. The molecular weight excluding hydrogens is 136 g/mol. The molecule has 0 unspecified atom stereocenters. The summed E-state index contributed by atoms with van der Waals surface area (Å²) in [6.07, 6.45) is 6.15. The maximum absolute atomic E-state index is 8.62. The lowest BCUT2D eigenvalue weighted by molar-refractivity contribution is 1.04. The van der Waals surface area contributed by atoms with Crippen LogP contribution < -0.4 is 0 Å². The second kappa shape index (κ2) is 3.58. The van der Waals surface area contributed by atoms with Crippen LogP contribution >= 0.6 is 0 Å². The van der Waals surface area contributed by atoms with Crippen molar-refractivity contribution in [3.8, 4) is 12.1 Å². The predicted octanol–water partition coefficient (Wildman–Crippen LogP) is 2.07. The average molecular weight is 144 g/mol. The Balaban J connectivity index is 2.84. The molecule has 0 aromatic carbocycles. The van der Waals surface area contributed by atoms with Gasteiger partial charge in [-0.25, -0.2) is 0 Å². The van der Waals surface area contributed by atoms with E-state index in [1.54, 1.807) is 0 Å². The van der Waals surface area contributed by atoms with Gasteiger partial charge in [-0.2, -0.15) is 10.5 Å². The third kappa shape index (κ3) is 1.69. The molecule has 0 aromatic heterocycles. The smallest absolute Gasteiger partial charge is 0.0961 e. The molecule has 1 rings (SSSR count). The van der Waals surface area contributed by atoms with Gasteiger partial charge in [0.25, 0.3) is 0 Å². The van der Waals surface area contributed by atoms with Crippen molar-refractivity contribution < 1.29 is 0 Å². The molecule has 0 amide bonds. The van der Waals surface area contributed by atoms with E-state index in [-0.39, 0.29) is 6.42 Å². The highest BCUT2D eigenvalue weighted by Crippen LogP contribution is 2.20. The standard InChI is InChI=1S/C9H8N2/c10-6-5-9(7-11)8-3-1-2-4-8/h1,3H,2,4-5H2/b9-8-. The van der Waals surface area contributed by atoms with Crippen molar-refractivity contribution in [2.75, 3.05) is 0 Å². The maximum atomic E-state index is 8.62. The second-order valence-electron chi connectivity index (χ2n) is 2.39. The molecule has 2 heteroatoms. The summed E-state index contributed by atoms with van der Waals surface area (Å²) in [7, 11) is 0. The largest absolute Gasteiger partial charge is 0.198 e. The van der Waals surface area contributed by atoms with Gasteiger partial charge in [0.2, 0.25) is 0 Å². The Bertz CT molecular complexity index is 284. The van der Waals surface area contributed by atoms with Crippen LogP contribution in [0.3, 0.4) is 0 Å². The van der Waals surface area contributed by atoms with Crippen LogP contribution in [-0.2, 0) is 0 Å². The second-order valence-corrected chi connectivity index (χ2v) is 2.39. The molecule has 0 saturated heterocycles. The van der Waals surface area contributed by atoms with Crippen molar-refractivity contribution in [2.45, 2.75) is 19.3 Å². The Morgan fingerprint density at radius 3 is 2.82 bits per heavy atom. The minimum absolute atomic E-state index is 0.246. The van der Waals surface area contributed by atoms with E-state index in [1.165, 1.54) is 0 Å². The summed E-state index contributed by atoms with van der Waals surface area (Å²) >= 11 is 0. The normalized spacial score (nSPS) is 19.1. The Morgan fingerprint density at radius 1 is 1.55 bits per heavy atom. The van der Waals surface area contributed by atoms with E-state index in [1.807, 2.05) is 18.2 Å². The fraction of sp³-hybridized carbons (Fsp3) is 0.333. The highest BCUT2D eigenvalue weighted by atomic mass is 14.3. The Labute approximate surface area is 66.1 Å². The lowest BCUT2D eigenvalue weighted by Gasteiger charge is -1.94. The minimum atomic E-state index is 0.246. The van der Waals surface area contributed by atoms with Crippen LogP contribution in [0.2, 0.25) is 0 Å². The summed E-state index contributed by atoms with van der Waals surface area (Å²) in [5, 5.41) is 17.0. The molecule has 54 valence electrons. The summed E-state index contributed by atoms with van der Waals surface area (Å²) in [5.41, 5.74) is 1.66. The van der Waals surface area contributed by atoms with Crippen LogP contribution in [0.25, 0.3) is 0 Å². The summed E-state index contributed by atoms with van der Waals surface area (Å²) in [5.74, 6) is 0. The average Bonchev–Trinajstić information content (AvgIpc) is 2.52. The van der Waals surface area contributed by atoms with Crippen molar-refractivity contribution in [3.63, 3.8) is 0 Å². The first-order valence-electron chi connectivity index (χ1n) is 3.54. The first kappa shape index (κ1) is 7.57. The SMILES string of the molecule is N#CC/C(C#N)=C1\C=CCC1. The van der Waals surface area contributed by atoms with Crippen LogP contribution in [0.15, 0.2) is 23.3 Å². The number of allylic oxidation sites excluding steroid dienone is 4. The van der Waals surface area contributed by atoms with E-state index in [0.717, 1.165) is 18.4 Å². The van der Waals surface area contributed by atoms with Crippen LogP contribution in [-0.4, -0.2) is 0 Å². The molecule has 0 aliphatic heterocycles. The van der Waals surface area contributed by atoms with Gasteiger partial charge in [-0.05, 0) is 18.4 Å². The zero-order valence-electron chi connectivity index (χ0n) is 6.17. The summed E-state index contributed by atoms with van der Waals surface area (Å²) in [4.78, 5) is 0. The predicted molar refractivity (Wildman–Crippen MR) is 41.2 cm³/mol. The molecule has 0 N–H and O–H groups in total. The lowest BCUT2D eigenvalue weighted by Crippen LogP contribution is -1.82. The van der Waals surface area contributed by atoms with Gasteiger partial charge in [0.05, 0.1) is 18.6 Å². The van der Waals surface area contributed by atoms with Crippen molar-refractivity contribution in [2.24, 2.45) is 0 Å². The number of hydrogen-bond acceptors (Lipinski definition) is 2. The Hall–Kier alpha value is -1.54. The Kier molecular flexibility index (Phi) is 2.47. The highest BCUT2D eigenvalue weighted by molar-refractivity contribution is 5.39. The van der Waals surface area contributed by atoms with Crippen molar-refractivity contribution in [3.05, 3.63) is 23.3 Å². The van der Waals surface area contributed by atoms with Crippen LogP contribution in [0.5, 0.6) is 0 Å². The van der Waals surface area contributed by atoms with Gasteiger partial charge in [-0.1, -0.05) is 12.2 Å². The fourth-order valence-electron chi connectivity index (χ4n) is 1.10. The third-order valence-corrected chi connectivity index (χ3v) is 1.68. The zero-order valence-corrected chi connectivity index (χ0v) is 6.17. The van der Waals surface area contributed by atoms with Crippen molar-refractivity contribution in [1.82, 2.24) is 0 Å². The van der Waals surface area contributed by atoms with Gasteiger partial charge < -0.3 is 0 Å². The topological polar surface area (TPSA) is 47.6 Å². The molecule has 1 aliphatic carbocycles. The van der Waals surface area contributed by atoms with Gasteiger partial charge in [0, 0.05) is 5.57 Å². The van der Waals surface area contributed by atoms with E-state index >= 15 is 0 Å². The number of nitrogens with zero attached hydrogens (tertiary/aromatic N) is 2. The zero-order chi connectivity index (χ0) is 8.10. The van der Waals surface area contributed by atoms with Crippen LogP contribution in [0, 0.1) is 22.7 Å². The first-order chi connectivity index (χ1) is 5.38. The molecule has 11 heavy (non-hydrogen) atoms.